The predicted octanol–water partition coefficient (Wildman–Crippen LogP) is 1.29. The van der Waals surface area contributed by atoms with E-state index in [0.717, 1.165) is 45.3 Å². The van der Waals surface area contributed by atoms with E-state index in [1.807, 2.05) is 0 Å². The van der Waals surface area contributed by atoms with Crippen molar-refractivity contribution in [3.63, 3.8) is 0 Å². The fourth-order valence-corrected chi connectivity index (χ4v) is 2.17. The Kier molecular flexibility index (Phi) is 4.39. The summed E-state index contributed by atoms with van der Waals surface area (Å²) in [5, 5.41) is 6.32. The molecular weight excluding hydrogens is 176 g/mol. The Labute approximate surface area is 86.6 Å². The van der Waals surface area contributed by atoms with E-state index in [2.05, 4.69) is 24.5 Å². The number of amides is 1. The number of rotatable bonds is 5. The molecule has 0 aromatic rings. The lowest BCUT2D eigenvalue weighted by atomic mass is 9.81. The molecule has 1 atom stereocenters. The Bertz CT molecular complexity index is 186. The molecule has 3 nitrogen and oxygen atoms in total. The van der Waals surface area contributed by atoms with E-state index in [4.69, 9.17) is 0 Å². The van der Waals surface area contributed by atoms with Gasteiger partial charge in [-0.05, 0) is 25.8 Å². The van der Waals surface area contributed by atoms with Crippen molar-refractivity contribution in [3.05, 3.63) is 0 Å². The Balaban J connectivity index is 2.52. The van der Waals surface area contributed by atoms with Crippen molar-refractivity contribution in [3.8, 4) is 0 Å². The fourth-order valence-electron chi connectivity index (χ4n) is 2.17. The lowest BCUT2D eigenvalue weighted by Gasteiger charge is -2.26. The average molecular weight is 198 g/mol. The molecule has 0 radical (unpaired) electrons. The molecule has 82 valence electrons. The number of nitrogens with one attached hydrogen (secondary N) is 2. The van der Waals surface area contributed by atoms with Crippen LogP contribution in [-0.2, 0) is 4.79 Å². The normalized spacial score (nSPS) is 26.4. The molecule has 1 aliphatic heterocycles. The van der Waals surface area contributed by atoms with E-state index in [1.165, 1.54) is 0 Å². The van der Waals surface area contributed by atoms with Gasteiger partial charge < -0.3 is 10.6 Å². The standard InChI is InChI=1S/C11H22N2O/c1-3-5-11(6-8-12-9-11)10(14)13-7-4-2/h12H,3-9H2,1-2H3,(H,13,14). The van der Waals surface area contributed by atoms with E-state index in [0.29, 0.717) is 0 Å². The first-order chi connectivity index (χ1) is 6.75. The maximum atomic E-state index is 12.0. The third-order valence-corrected chi connectivity index (χ3v) is 2.99. The van der Waals surface area contributed by atoms with Gasteiger partial charge in [0.25, 0.3) is 0 Å². The first kappa shape index (κ1) is 11.5. The zero-order chi connectivity index (χ0) is 10.4. The number of hydrogen-bond acceptors (Lipinski definition) is 2. The predicted molar refractivity (Wildman–Crippen MR) is 58.1 cm³/mol. The van der Waals surface area contributed by atoms with E-state index >= 15 is 0 Å². The molecule has 1 heterocycles. The smallest absolute Gasteiger partial charge is 0.227 e. The summed E-state index contributed by atoms with van der Waals surface area (Å²) in [6.07, 6.45) is 4.11. The zero-order valence-corrected chi connectivity index (χ0v) is 9.36. The van der Waals surface area contributed by atoms with Gasteiger partial charge in [0, 0.05) is 13.1 Å². The van der Waals surface area contributed by atoms with Crippen molar-refractivity contribution in [1.29, 1.82) is 0 Å². The molecule has 0 aromatic heterocycles. The third kappa shape index (κ3) is 2.47. The van der Waals surface area contributed by atoms with Gasteiger partial charge in [0.2, 0.25) is 5.91 Å². The number of carbonyl (C=O) groups is 1. The molecule has 0 aromatic carbocycles. The van der Waals surface area contributed by atoms with Crippen molar-refractivity contribution >= 4 is 5.91 Å². The molecule has 1 saturated heterocycles. The van der Waals surface area contributed by atoms with Gasteiger partial charge in [-0.2, -0.15) is 0 Å². The summed E-state index contributed by atoms with van der Waals surface area (Å²) >= 11 is 0. The number of hydrogen-bond donors (Lipinski definition) is 2. The van der Waals surface area contributed by atoms with E-state index < -0.39 is 0 Å². The summed E-state index contributed by atoms with van der Waals surface area (Å²) < 4.78 is 0. The first-order valence-electron chi connectivity index (χ1n) is 5.74. The second-order valence-corrected chi connectivity index (χ2v) is 4.21. The highest BCUT2D eigenvalue weighted by atomic mass is 16.2. The van der Waals surface area contributed by atoms with Crippen LogP contribution < -0.4 is 10.6 Å². The molecule has 3 heteroatoms. The molecule has 0 spiro atoms. The van der Waals surface area contributed by atoms with Gasteiger partial charge in [-0.1, -0.05) is 20.3 Å². The van der Waals surface area contributed by atoms with Gasteiger partial charge in [-0.3, -0.25) is 4.79 Å². The summed E-state index contributed by atoms with van der Waals surface area (Å²) in [5.41, 5.74) is -0.107. The molecule has 0 saturated carbocycles. The van der Waals surface area contributed by atoms with Crippen LogP contribution in [0.15, 0.2) is 0 Å². The van der Waals surface area contributed by atoms with Crippen LogP contribution in [0.5, 0.6) is 0 Å². The lowest BCUT2D eigenvalue weighted by Crippen LogP contribution is -2.42. The maximum Gasteiger partial charge on any atom is 0.227 e. The minimum absolute atomic E-state index is 0.107. The van der Waals surface area contributed by atoms with Crippen molar-refractivity contribution in [2.45, 2.75) is 39.5 Å². The third-order valence-electron chi connectivity index (χ3n) is 2.99. The molecule has 1 amide bonds. The van der Waals surface area contributed by atoms with Crippen LogP contribution in [0, 0.1) is 5.41 Å². The van der Waals surface area contributed by atoms with Gasteiger partial charge in [0.1, 0.15) is 0 Å². The van der Waals surface area contributed by atoms with E-state index in [-0.39, 0.29) is 11.3 Å². The second kappa shape index (κ2) is 5.35. The Morgan fingerprint density at radius 1 is 1.43 bits per heavy atom. The van der Waals surface area contributed by atoms with E-state index in [9.17, 15) is 4.79 Å². The van der Waals surface area contributed by atoms with Crippen molar-refractivity contribution in [1.82, 2.24) is 10.6 Å². The van der Waals surface area contributed by atoms with Crippen LogP contribution in [-0.4, -0.2) is 25.5 Å². The highest BCUT2D eigenvalue weighted by molar-refractivity contribution is 5.83. The monoisotopic (exact) mass is 198 g/mol. The largest absolute Gasteiger partial charge is 0.356 e. The second-order valence-electron chi connectivity index (χ2n) is 4.21. The molecule has 0 bridgehead atoms. The minimum atomic E-state index is -0.107. The molecule has 0 aliphatic carbocycles. The molecule has 1 aliphatic rings. The molecular formula is C11H22N2O. The van der Waals surface area contributed by atoms with Gasteiger partial charge in [0.15, 0.2) is 0 Å². The summed E-state index contributed by atoms with van der Waals surface area (Å²) in [6.45, 7) is 6.88. The van der Waals surface area contributed by atoms with Crippen molar-refractivity contribution in [2.24, 2.45) is 5.41 Å². The lowest BCUT2D eigenvalue weighted by molar-refractivity contribution is -0.130. The van der Waals surface area contributed by atoms with Gasteiger partial charge in [-0.25, -0.2) is 0 Å². The molecule has 2 N–H and O–H groups in total. The molecule has 1 unspecified atom stereocenters. The molecule has 1 rings (SSSR count). The van der Waals surface area contributed by atoms with Crippen LogP contribution in [0.1, 0.15) is 39.5 Å². The van der Waals surface area contributed by atoms with Crippen LogP contribution in [0.2, 0.25) is 0 Å². The maximum absolute atomic E-state index is 12.0. The minimum Gasteiger partial charge on any atom is -0.356 e. The van der Waals surface area contributed by atoms with Gasteiger partial charge >= 0.3 is 0 Å². The fraction of sp³-hybridized carbons (Fsp3) is 0.909. The number of carbonyl (C=O) groups excluding carboxylic acids is 1. The summed E-state index contributed by atoms with van der Waals surface area (Å²) in [6, 6.07) is 0. The van der Waals surface area contributed by atoms with Crippen LogP contribution in [0.3, 0.4) is 0 Å². The zero-order valence-electron chi connectivity index (χ0n) is 9.36. The topological polar surface area (TPSA) is 41.1 Å². The Morgan fingerprint density at radius 2 is 2.21 bits per heavy atom. The van der Waals surface area contributed by atoms with Crippen molar-refractivity contribution < 1.29 is 4.79 Å². The average Bonchev–Trinajstić information content (AvgIpc) is 2.64. The van der Waals surface area contributed by atoms with E-state index in [1.54, 1.807) is 0 Å². The molecule has 1 fully saturated rings. The molecule has 14 heavy (non-hydrogen) atoms. The SMILES string of the molecule is CCCNC(=O)C1(CCC)CCNC1. The Hall–Kier alpha value is -0.570. The summed E-state index contributed by atoms with van der Waals surface area (Å²) in [5.74, 6) is 0.256. The summed E-state index contributed by atoms with van der Waals surface area (Å²) in [4.78, 5) is 12.0. The van der Waals surface area contributed by atoms with Crippen LogP contribution >= 0.6 is 0 Å². The highest BCUT2D eigenvalue weighted by Crippen LogP contribution is 2.31. The highest BCUT2D eigenvalue weighted by Gasteiger charge is 2.39. The van der Waals surface area contributed by atoms with Crippen LogP contribution in [0.4, 0.5) is 0 Å². The van der Waals surface area contributed by atoms with Gasteiger partial charge in [-0.15, -0.1) is 0 Å². The quantitative estimate of drug-likeness (QED) is 0.699. The van der Waals surface area contributed by atoms with Gasteiger partial charge in [0.05, 0.1) is 5.41 Å². The Morgan fingerprint density at radius 3 is 2.71 bits per heavy atom. The first-order valence-corrected chi connectivity index (χ1v) is 5.74. The van der Waals surface area contributed by atoms with Crippen LogP contribution in [0.25, 0.3) is 0 Å². The van der Waals surface area contributed by atoms with Crippen molar-refractivity contribution in [2.75, 3.05) is 19.6 Å². The summed E-state index contributed by atoms with van der Waals surface area (Å²) in [7, 11) is 0.